The Morgan fingerprint density at radius 1 is 1.23 bits per heavy atom. The Balaban J connectivity index is 1.77. The lowest BCUT2D eigenvalue weighted by Gasteiger charge is -2.14. The number of rotatable bonds is 7. The molecule has 0 unspecified atom stereocenters. The highest BCUT2D eigenvalue weighted by molar-refractivity contribution is 6.08. The molecule has 1 fully saturated rings. The normalized spacial score (nSPS) is 15.7. The number of carbonyl (C=O) groups excluding carboxylic acids is 1. The van der Waals surface area contributed by atoms with Crippen LogP contribution in [0.3, 0.4) is 0 Å². The monoisotopic (exact) mass is 355 g/mol. The molecule has 1 N–H and O–H groups in total. The molecule has 140 valence electrons. The first-order valence-electron chi connectivity index (χ1n) is 9.86. The zero-order chi connectivity index (χ0) is 18.4. The number of amides is 1. The summed E-state index contributed by atoms with van der Waals surface area (Å²) in [5, 5.41) is 7.13. The second-order valence-electron chi connectivity index (χ2n) is 7.48. The summed E-state index contributed by atoms with van der Waals surface area (Å²) in [5.41, 5.74) is 2.90. The van der Waals surface area contributed by atoms with Gasteiger partial charge in [-0.15, -0.1) is 0 Å². The van der Waals surface area contributed by atoms with Gasteiger partial charge in [0.2, 0.25) is 0 Å². The van der Waals surface area contributed by atoms with E-state index < -0.39 is 0 Å². The van der Waals surface area contributed by atoms with Crippen molar-refractivity contribution in [2.24, 2.45) is 11.1 Å². The zero-order valence-corrected chi connectivity index (χ0v) is 15.7. The van der Waals surface area contributed by atoms with Crippen molar-refractivity contribution in [3.05, 3.63) is 40.4 Å². The third-order valence-electron chi connectivity index (χ3n) is 5.53. The summed E-state index contributed by atoms with van der Waals surface area (Å²) < 4.78 is 2.08. The van der Waals surface area contributed by atoms with Gasteiger partial charge in [0.25, 0.3) is 5.91 Å². The van der Waals surface area contributed by atoms with Crippen LogP contribution in [0.4, 0.5) is 0 Å². The minimum absolute atomic E-state index is 0.0146. The summed E-state index contributed by atoms with van der Waals surface area (Å²) in [7, 11) is 0. The third kappa shape index (κ3) is 4.32. The van der Waals surface area contributed by atoms with Crippen LogP contribution in [0, 0.1) is 17.7 Å². The second kappa shape index (κ2) is 8.97. The molecular weight excluding hydrogens is 326 g/mol. The maximum absolute atomic E-state index is 12.9. The molecule has 0 bridgehead atoms. The molecule has 0 saturated heterocycles. The molecule has 0 spiro atoms. The molecule has 1 aromatic heterocycles. The van der Waals surface area contributed by atoms with Gasteiger partial charge < -0.3 is 9.88 Å². The van der Waals surface area contributed by atoms with Crippen LogP contribution >= 0.6 is 0 Å². The van der Waals surface area contributed by atoms with Gasteiger partial charge in [-0.1, -0.05) is 43.0 Å². The molecule has 26 heavy (non-hydrogen) atoms. The van der Waals surface area contributed by atoms with Crippen molar-refractivity contribution >= 4 is 16.8 Å². The molecule has 5 nitrogen and oxygen atoms in total. The van der Waals surface area contributed by atoms with Crippen LogP contribution in [-0.4, -0.2) is 23.6 Å². The molecule has 1 heterocycles. The Kier molecular flexibility index (Phi) is 6.42. The minimum atomic E-state index is 0.0146. The van der Waals surface area contributed by atoms with Gasteiger partial charge >= 0.3 is 0 Å². The van der Waals surface area contributed by atoms with Gasteiger partial charge in [0.15, 0.2) is 0 Å². The average Bonchev–Trinajstić information content (AvgIpc) is 2.83. The van der Waals surface area contributed by atoms with Crippen molar-refractivity contribution in [2.45, 2.75) is 58.4 Å². The lowest BCUT2D eigenvalue weighted by molar-refractivity contribution is 0.0947. The van der Waals surface area contributed by atoms with Crippen LogP contribution in [0.25, 0.3) is 10.9 Å². The summed E-state index contributed by atoms with van der Waals surface area (Å²) in [6, 6.07) is 6.10. The van der Waals surface area contributed by atoms with Gasteiger partial charge in [0.1, 0.15) is 0 Å². The number of nitroso groups, excluding NO2 is 1. The molecule has 1 aliphatic carbocycles. The fourth-order valence-corrected chi connectivity index (χ4v) is 4.10. The lowest BCUT2D eigenvalue weighted by atomic mass is 10.00. The van der Waals surface area contributed by atoms with E-state index in [0.717, 1.165) is 28.6 Å². The van der Waals surface area contributed by atoms with Crippen LogP contribution in [0.1, 0.15) is 60.9 Å². The topological polar surface area (TPSA) is 63.5 Å². The maximum Gasteiger partial charge on any atom is 0.253 e. The first-order chi connectivity index (χ1) is 12.7. The first-order valence-corrected chi connectivity index (χ1v) is 9.86. The number of nitrogens with one attached hydrogen (secondary N) is 1. The number of aryl methyl sites for hydroxylation is 2. The number of hydrogen-bond acceptors (Lipinski definition) is 3. The van der Waals surface area contributed by atoms with Crippen LogP contribution in [0.5, 0.6) is 0 Å². The van der Waals surface area contributed by atoms with Crippen LogP contribution in [0.2, 0.25) is 0 Å². The summed E-state index contributed by atoms with van der Waals surface area (Å²) in [4.78, 5) is 23.3. The Hall–Kier alpha value is -2.17. The Morgan fingerprint density at radius 2 is 2.00 bits per heavy atom. The smallest absolute Gasteiger partial charge is 0.253 e. The lowest BCUT2D eigenvalue weighted by Crippen LogP contribution is -2.29. The van der Waals surface area contributed by atoms with Gasteiger partial charge in [-0.05, 0) is 43.7 Å². The number of benzene rings is 1. The zero-order valence-electron chi connectivity index (χ0n) is 15.7. The van der Waals surface area contributed by atoms with Gasteiger partial charge in [0.05, 0.1) is 12.1 Å². The van der Waals surface area contributed by atoms with Crippen molar-refractivity contribution in [2.75, 3.05) is 13.1 Å². The molecular formula is C21H29N3O2. The van der Waals surface area contributed by atoms with Gasteiger partial charge in [-0.2, -0.15) is 4.91 Å². The van der Waals surface area contributed by atoms with Crippen molar-refractivity contribution in [1.82, 2.24) is 9.88 Å². The molecule has 1 aromatic carbocycles. The molecule has 0 aliphatic heterocycles. The number of fused-ring (bicyclic) bond motifs is 1. The van der Waals surface area contributed by atoms with E-state index in [0.29, 0.717) is 25.4 Å². The van der Waals surface area contributed by atoms with E-state index in [2.05, 4.69) is 15.1 Å². The predicted molar refractivity (Wildman–Crippen MR) is 105 cm³/mol. The SMILES string of the molecule is Cc1cccc2c1c(C(=O)NCC1CCCCCC1)cn2CCCN=O. The standard InChI is InChI=1S/C21H29N3O2/c1-16-8-6-11-19-20(16)18(15-24(19)13-7-12-23-26)21(25)22-14-17-9-4-2-3-5-10-17/h6,8,11,15,17H,2-5,7,9-10,12-14H2,1H3,(H,22,25). The summed E-state index contributed by atoms with van der Waals surface area (Å²) in [6.45, 7) is 3.81. The van der Waals surface area contributed by atoms with Gasteiger partial charge in [-0.25, -0.2) is 0 Å². The van der Waals surface area contributed by atoms with Gasteiger partial charge in [-0.3, -0.25) is 4.79 Å². The molecule has 1 saturated carbocycles. The highest BCUT2D eigenvalue weighted by atomic mass is 16.3. The number of carbonyl (C=O) groups is 1. The van der Waals surface area contributed by atoms with E-state index >= 15 is 0 Å². The van der Waals surface area contributed by atoms with Crippen molar-refractivity contribution in [3.8, 4) is 0 Å². The van der Waals surface area contributed by atoms with Crippen LogP contribution in [0.15, 0.2) is 29.6 Å². The molecule has 0 radical (unpaired) electrons. The Morgan fingerprint density at radius 3 is 2.73 bits per heavy atom. The largest absolute Gasteiger partial charge is 0.352 e. The Bertz CT molecular complexity index is 758. The maximum atomic E-state index is 12.9. The number of aromatic nitrogens is 1. The average molecular weight is 355 g/mol. The van der Waals surface area contributed by atoms with Crippen LogP contribution in [-0.2, 0) is 6.54 Å². The van der Waals surface area contributed by atoms with Crippen LogP contribution < -0.4 is 5.32 Å². The Labute approximate surface area is 155 Å². The van der Waals surface area contributed by atoms with E-state index in [9.17, 15) is 9.70 Å². The summed E-state index contributed by atoms with van der Waals surface area (Å²) in [6.07, 6.45) is 10.3. The summed E-state index contributed by atoms with van der Waals surface area (Å²) >= 11 is 0. The predicted octanol–water partition coefficient (Wildman–Crippen LogP) is 4.81. The van der Waals surface area contributed by atoms with E-state index in [4.69, 9.17) is 0 Å². The molecule has 1 aliphatic rings. The molecule has 2 aromatic rings. The fraction of sp³-hybridized carbons (Fsp3) is 0.571. The van der Waals surface area contributed by atoms with Gasteiger partial charge in [0, 0.05) is 30.2 Å². The second-order valence-corrected chi connectivity index (χ2v) is 7.48. The quantitative estimate of drug-likeness (QED) is 0.440. The van der Waals surface area contributed by atoms with Crippen molar-refractivity contribution < 1.29 is 4.79 Å². The molecule has 5 heteroatoms. The third-order valence-corrected chi connectivity index (χ3v) is 5.53. The minimum Gasteiger partial charge on any atom is -0.352 e. The molecule has 1 amide bonds. The number of hydrogen-bond donors (Lipinski definition) is 1. The van der Waals surface area contributed by atoms with E-state index in [1.807, 2.05) is 31.3 Å². The summed E-state index contributed by atoms with van der Waals surface area (Å²) in [5.74, 6) is 0.621. The molecule has 0 atom stereocenters. The highest BCUT2D eigenvalue weighted by Crippen LogP contribution is 2.26. The number of nitrogens with zero attached hydrogens (tertiary/aromatic N) is 2. The fourth-order valence-electron chi connectivity index (χ4n) is 4.10. The van der Waals surface area contributed by atoms with E-state index in [1.54, 1.807) is 0 Å². The molecule has 3 rings (SSSR count). The first kappa shape index (κ1) is 18.6. The van der Waals surface area contributed by atoms with E-state index in [-0.39, 0.29) is 5.91 Å². The highest BCUT2D eigenvalue weighted by Gasteiger charge is 2.18. The van der Waals surface area contributed by atoms with Crippen molar-refractivity contribution in [1.29, 1.82) is 0 Å². The van der Waals surface area contributed by atoms with E-state index in [1.165, 1.54) is 38.5 Å². The van der Waals surface area contributed by atoms with Crippen molar-refractivity contribution in [3.63, 3.8) is 0 Å².